The molecule has 0 amide bonds. The highest BCUT2D eigenvalue weighted by Gasteiger charge is 2.19. The van der Waals surface area contributed by atoms with Crippen LogP contribution in [0.25, 0.3) is 88.1 Å². The van der Waals surface area contributed by atoms with Crippen LogP contribution in [0, 0.1) is 0 Å². The predicted octanol–water partition coefficient (Wildman–Crippen LogP) is 11.4. The van der Waals surface area contributed by atoms with Crippen molar-refractivity contribution >= 4 is 65.6 Å². The summed E-state index contributed by atoms with van der Waals surface area (Å²) in [5.74, 6) is 0. The van der Waals surface area contributed by atoms with Gasteiger partial charge in [0.2, 0.25) is 0 Å². The summed E-state index contributed by atoms with van der Waals surface area (Å²) >= 11 is 0. The average Bonchev–Trinajstić information content (AvgIpc) is 3.97. The van der Waals surface area contributed by atoms with Crippen LogP contribution in [0.5, 0.6) is 0 Å². The zero-order valence-electron chi connectivity index (χ0n) is 42.8. The molecule has 3 heteroatoms. The smallest absolute Gasteiger partial charge is 0.137 e. The summed E-state index contributed by atoms with van der Waals surface area (Å²) in [5.41, 5.74) is -2.85. The van der Waals surface area contributed by atoms with E-state index < -0.39 is 159 Å². The Kier molecular flexibility index (Phi) is 2.49. The van der Waals surface area contributed by atoms with E-state index in [1.54, 1.807) is 30.3 Å². The molecule has 0 saturated carbocycles. The number of benzene rings is 7. The molecule has 0 unspecified atom stereocenters. The molecule has 0 bridgehead atoms. The van der Waals surface area contributed by atoms with Gasteiger partial charge in [0.25, 0.3) is 0 Å². The number of para-hydroxylation sites is 3. The Balaban J connectivity index is 1.52. The lowest BCUT2D eigenvalue weighted by atomic mass is 10.0. The molecule has 7 aromatic carbocycles. The second kappa shape index (κ2) is 9.22. The highest BCUT2D eigenvalue weighted by atomic mass is 16.3. The Labute approximate surface area is 286 Å². The molecule has 0 radical (unpaired) electrons. The Bertz CT molecular complexity index is 3810. The lowest BCUT2D eigenvalue weighted by molar-refractivity contribution is 0.669. The normalized spacial score (nSPS) is 18.2. The molecule has 3 heterocycles. The van der Waals surface area contributed by atoms with Crippen LogP contribution in [0.2, 0.25) is 0 Å². The summed E-state index contributed by atoms with van der Waals surface area (Å²) in [6.45, 7) is 0. The first kappa shape index (κ1) is 12.1. The van der Waals surface area contributed by atoms with Crippen molar-refractivity contribution in [2.75, 3.05) is 0 Å². The van der Waals surface area contributed by atoms with Crippen LogP contribution in [0.4, 0.5) is 0 Å². The van der Waals surface area contributed by atoms with E-state index in [0.29, 0.717) is 5.56 Å². The fourth-order valence-electron chi connectivity index (χ4n) is 5.93. The van der Waals surface area contributed by atoms with Gasteiger partial charge in [-0.2, -0.15) is 0 Å². The zero-order valence-corrected chi connectivity index (χ0v) is 22.8. The number of hydrogen-bond acceptors (Lipinski definition) is 1. The van der Waals surface area contributed by atoms with E-state index in [1.165, 1.54) is 6.07 Å². The molecule has 0 fully saturated rings. The molecular formula is C42H26N2O. The molecule has 3 nitrogen and oxygen atoms in total. The van der Waals surface area contributed by atoms with E-state index >= 15 is 0 Å². The summed E-state index contributed by atoms with van der Waals surface area (Å²) in [4.78, 5) is 0. The van der Waals surface area contributed by atoms with Crippen molar-refractivity contribution in [1.82, 2.24) is 9.13 Å². The molecule has 0 spiro atoms. The summed E-state index contributed by atoms with van der Waals surface area (Å²) in [6.07, 6.45) is 0. The van der Waals surface area contributed by atoms with E-state index in [9.17, 15) is 6.85 Å². The predicted molar refractivity (Wildman–Crippen MR) is 188 cm³/mol. The van der Waals surface area contributed by atoms with Gasteiger partial charge < -0.3 is 13.6 Å². The monoisotopic (exact) mass is 594 g/mol. The summed E-state index contributed by atoms with van der Waals surface area (Å²) in [5, 5.41) is -1.69. The molecule has 0 aliphatic carbocycles. The van der Waals surface area contributed by atoms with Gasteiger partial charge in [-0.05, 0) is 65.5 Å². The van der Waals surface area contributed by atoms with Crippen molar-refractivity contribution in [2.45, 2.75) is 0 Å². The van der Waals surface area contributed by atoms with Crippen molar-refractivity contribution in [2.24, 2.45) is 0 Å². The molecule has 45 heavy (non-hydrogen) atoms. The largest absolute Gasteiger partial charge is 0.456 e. The number of fused-ring (bicyclic) bond motifs is 9. The minimum Gasteiger partial charge on any atom is -0.456 e. The molecule has 0 N–H and O–H groups in total. The standard InChI is InChI=1S/C42H26N2O/c1-2-11-27(12-3-1)28-21-24-40-34(25-28)42-38(19-10-20-41(42)45-40)44-37-18-9-6-15-32(37)33-23-22-29(26-39(33)44)43-35-16-7-4-13-30(35)31-14-5-8-17-36(31)43/h1-26H/i4D,5D,6D,7D,8D,9D,10D,13D,14D,15D,16D,17D,18D,19D,20D,21D,22D,23D,24D,26D. The van der Waals surface area contributed by atoms with Gasteiger partial charge in [-0.3, -0.25) is 0 Å². The fourth-order valence-corrected chi connectivity index (χ4v) is 5.93. The number of rotatable bonds is 3. The molecule has 0 saturated heterocycles. The third-order valence-electron chi connectivity index (χ3n) is 7.85. The van der Waals surface area contributed by atoms with Gasteiger partial charge in [0, 0.05) is 32.6 Å². The molecule has 10 aromatic rings. The van der Waals surface area contributed by atoms with Gasteiger partial charge in [0.15, 0.2) is 0 Å². The lowest BCUT2D eigenvalue weighted by Gasteiger charge is -2.12. The number of furan rings is 1. The molecule has 10 rings (SSSR count). The Morgan fingerprint density at radius 2 is 1.11 bits per heavy atom. The van der Waals surface area contributed by atoms with Crippen LogP contribution in [0.3, 0.4) is 0 Å². The van der Waals surface area contributed by atoms with Crippen molar-refractivity contribution in [3.8, 4) is 22.5 Å². The highest BCUT2D eigenvalue weighted by Crippen LogP contribution is 2.41. The first-order valence-corrected chi connectivity index (χ1v) is 13.7. The summed E-state index contributed by atoms with van der Waals surface area (Å²) < 4.78 is 188. The molecule has 3 aromatic heterocycles. The molecule has 210 valence electrons. The second-order valence-corrected chi connectivity index (χ2v) is 10.2. The van der Waals surface area contributed by atoms with Gasteiger partial charge in [-0.1, -0.05) is 103 Å². The van der Waals surface area contributed by atoms with Crippen molar-refractivity contribution in [3.05, 3.63) is 157 Å². The zero-order chi connectivity index (χ0) is 46.9. The average molecular weight is 595 g/mol. The Morgan fingerprint density at radius 3 is 1.82 bits per heavy atom. The van der Waals surface area contributed by atoms with Crippen LogP contribution in [-0.4, -0.2) is 9.13 Å². The third-order valence-corrected chi connectivity index (χ3v) is 7.85. The molecule has 0 atom stereocenters. The summed E-state index contributed by atoms with van der Waals surface area (Å²) in [6, 6.07) is -4.27. The maximum atomic E-state index is 10.1. The van der Waals surface area contributed by atoms with Crippen LogP contribution >= 0.6 is 0 Å². The van der Waals surface area contributed by atoms with Crippen molar-refractivity contribution < 1.29 is 31.8 Å². The quantitative estimate of drug-likeness (QED) is 0.199. The van der Waals surface area contributed by atoms with E-state index in [1.807, 2.05) is 0 Å². The topological polar surface area (TPSA) is 23.0 Å². The lowest BCUT2D eigenvalue weighted by Crippen LogP contribution is -1.97. The Morgan fingerprint density at radius 1 is 0.467 bits per heavy atom. The Hall–Kier alpha value is -6.06. The minimum absolute atomic E-state index is 0.0389. The van der Waals surface area contributed by atoms with Crippen molar-refractivity contribution in [1.29, 1.82) is 0 Å². The SMILES string of the molecule is [2H]c1c(-c2ccccc2)cc2c(oc3c([2H])c([2H])c([2H])c(-n4c5c([2H])c([2H])c([2H])c([2H])c5c5c([2H])c([2H])c(-n6c7c([2H])c([2H])c([2H])c([2H])c7c7c([2H])c([2H])c([2H])c([2H])c76)c([2H])c54)c32)c1[2H]. The minimum atomic E-state index is -0.852. The van der Waals surface area contributed by atoms with E-state index in [4.69, 9.17) is 25.0 Å². The third kappa shape index (κ3) is 3.46. The van der Waals surface area contributed by atoms with Gasteiger partial charge in [-0.25, -0.2) is 0 Å². The van der Waals surface area contributed by atoms with Crippen molar-refractivity contribution in [3.63, 3.8) is 0 Å². The van der Waals surface area contributed by atoms with E-state index in [-0.39, 0.29) is 44.3 Å². The first-order valence-electron chi connectivity index (χ1n) is 23.7. The van der Waals surface area contributed by atoms with Gasteiger partial charge >= 0.3 is 0 Å². The highest BCUT2D eigenvalue weighted by molar-refractivity contribution is 6.15. The molecular weight excluding hydrogens is 548 g/mol. The second-order valence-electron chi connectivity index (χ2n) is 10.2. The maximum absolute atomic E-state index is 10.1. The van der Waals surface area contributed by atoms with E-state index in [2.05, 4.69) is 0 Å². The number of aromatic nitrogens is 2. The van der Waals surface area contributed by atoms with Crippen LogP contribution in [-0.2, 0) is 0 Å². The fraction of sp³-hybridized carbons (Fsp3) is 0. The maximum Gasteiger partial charge on any atom is 0.137 e. The van der Waals surface area contributed by atoms with Gasteiger partial charge in [0.05, 0.1) is 60.6 Å². The number of nitrogens with zero attached hydrogens (tertiary/aromatic N) is 2. The van der Waals surface area contributed by atoms with Crippen LogP contribution in [0.15, 0.2) is 162 Å². The first-order chi connectivity index (χ1) is 30.7. The van der Waals surface area contributed by atoms with Gasteiger partial charge in [0.1, 0.15) is 11.2 Å². The number of hydrogen-bond donors (Lipinski definition) is 0. The van der Waals surface area contributed by atoms with Crippen LogP contribution < -0.4 is 0 Å². The van der Waals surface area contributed by atoms with Crippen LogP contribution in [0.1, 0.15) is 27.4 Å². The summed E-state index contributed by atoms with van der Waals surface area (Å²) in [7, 11) is 0. The van der Waals surface area contributed by atoms with E-state index in [0.717, 1.165) is 9.13 Å². The molecule has 0 aliphatic rings. The molecule has 0 aliphatic heterocycles. The van der Waals surface area contributed by atoms with Gasteiger partial charge in [-0.15, -0.1) is 0 Å².